The Bertz CT molecular complexity index is 1010. The molecule has 1 aliphatic carbocycles. The number of hydrogen-bond acceptors (Lipinski definition) is 5. The Morgan fingerprint density at radius 3 is 2.72 bits per heavy atom. The van der Waals surface area contributed by atoms with Crippen LogP contribution in [0.5, 0.6) is 0 Å². The van der Waals surface area contributed by atoms with Crippen molar-refractivity contribution in [2.24, 2.45) is 0 Å². The first-order chi connectivity index (χ1) is 14.0. The minimum Gasteiger partial charge on any atom is -0.355 e. The SMILES string of the molecule is O=C(Cc1csc(NC(=O)c2cccs2)n1)NCC1(c2cccc(Br)c2)CCC1. The molecule has 5 nitrogen and oxygen atoms in total. The maximum atomic E-state index is 12.5. The molecule has 0 unspecified atom stereocenters. The van der Waals surface area contributed by atoms with Gasteiger partial charge in [-0.05, 0) is 42.0 Å². The first-order valence-corrected chi connectivity index (χ1v) is 11.9. The second-order valence-electron chi connectivity index (χ2n) is 7.17. The van der Waals surface area contributed by atoms with Gasteiger partial charge < -0.3 is 5.32 Å². The average Bonchev–Trinajstić information content (AvgIpc) is 3.33. The fraction of sp³-hybridized carbons (Fsp3) is 0.286. The summed E-state index contributed by atoms with van der Waals surface area (Å²) in [4.78, 5) is 29.6. The van der Waals surface area contributed by atoms with Gasteiger partial charge in [0.25, 0.3) is 5.91 Å². The van der Waals surface area contributed by atoms with Crippen LogP contribution in [0.25, 0.3) is 0 Å². The summed E-state index contributed by atoms with van der Waals surface area (Å²) in [7, 11) is 0. The van der Waals surface area contributed by atoms with E-state index in [1.54, 1.807) is 6.07 Å². The molecule has 150 valence electrons. The third-order valence-electron chi connectivity index (χ3n) is 5.23. The molecule has 0 bridgehead atoms. The summed E-state index contributed by atoms with van der Waals surface area (Å²) in [5.41, 5.74) is 1.96. The van der Waals surface area contributed by atoms with E-state index < -0.39 is 0 Å². The maximum absolute atomic E-state index is 12.5. The number of halogens is 1. The molecule has 3 aromatic rings. The summed E-state index contributed by atoms with van der Waals surface area (Å²) in [5.74, 6) is -0.223. The number of carbonyl (C=O) groups excluding carboxylic acids is 2. The minimum absolute atomic E-state index is 0.0291. The van der Waals surface area contributed by atoms with Crippen LogP contribution in [0.4, 0.5) is 5.13 Å². The molecule has 0 aliphatic heterocycles. The molecule has 2 amide bonds. The van der Waals surface area contributed by atoms with Gasteiger partial charge in [0, 0.05) is 21.8 Å². The van der Waals surface area contributed by atoms with Crippen LogP contribution in [0.2, 0.25) is 0 Å². The smallest absolute Gasteiger partial charge is 0.267 e. The van der Waals surface area contributed by atoms with E-state index in [1.807, 2.05) is 29.0 Å². The number of carbonyl (C=O) groups is 2. The van der Waals surface area contributed by atoms with Gasteiger partial charge in [-0.25, -0.2) is 4.98 Å². The largest absolute Gasteiger partial charge is 0.355 e. The predicted octanol–water partition coefficient (Wildman–Crippen LogP) is 5.00. The number of thiazole rings is 1. The molecule has 29 heavy (non-hydrogen) atoms. The van der Waals surface area contributed by atoms with E-state index in [0.29, 0.717) is 22.2 Å². The number of benzene rings is 1. The van der Waals surface area contributed by atoms with Gasteiger partial charge in [-0.3, -0.25) is 14.9 Å². The first-order valence-electron chi connectivity index (χ1n) is 9.36. The molecule has 2 heterocycles. The van der Waals surface area contributed by atoms with Crippen molar-refractivity contribution in [2.75, 3.05) is 11.9 Å². The highest BCUT2D eigenvalue weighted by molar-refractivity contribution is 9.10. The van der Waals surface area contributed by atoms with Gasteiger partial charge in [0.15, 0.2) is 5.13 Å². The zero-order chi connectivity index (χ0) is 20.3. The molecule has 2 N–H and O–H groups in total. The number of aromatic nitrogens is 1. The number of nitrogens with zero attached hydrogens (tertiary/aromatic N) is 1. The summed E-state index contributed by atoms with van der Waals surface area (Å²) >= 11 is 6.25. The Morgan fingerprint density at radius 2 is 2.03 bits per heavy atom. The van der Waals surface area contributed by atoms with Gasteiger partial charge >= 0.3 is 0 Å². The van der Waals surface area contributed by atoms with Gasteiger partial charge in [0.1, 0.15) is 0 Å². The molecule has 0 spiro atoms. The van der Waals surface area contributed by atoms with E-state index in [4.69, 9.17) is 0 Å². The predicted molar refractivity (Wildman–Crippen MR) is 121 cm³/mol. The van der Waals surface area contributed by atoms with Crippen molar-refractivity contribution >= 4 is 55.5 Å². The Labute approximate surface area is 185 Å². The zero-order valence-electron chi connectivity index (χ0n) is 15.6. The molecule has 1 fully saturated rings. The molecule has 0 saturated heterocycles. The molecule has 0 atom stereocenters. The van der Waals surface area contributed by atoms with Crippen molar-refractivity contribution in [3.05, 3.63) is 67.8 Å². The van der Waals surface area contributed by atoms with Gasteiger partial charge in [0.05, 0.1) is 17.0 Å². The van der Waals surface area contributed by atoms with Crippen molar-refractivity contribution < 1.29 is 9.59 Å². The Kier molecular flexibility index (Phi) is 6.12. The van der Waals surface area contributed by atoms with E-state index >= 15 is 0 Å². The quantitative estimate of drug-likeness (QED) is 0.490. The lowest BCUT2D eigenvalue weighted by molar-refractivity contribution is -0.120. The van der Waals surface area contributed by atoms with Crippen LogP contribution in [0.1, 0.15) is 40.2 Å². The third kappa shape index (κ3) is 4.76. The number of amides is 2. The monoisotopic (exact) mass is 489 g/mol. The summed E-state index contributed by atoms with van der Waals surface area (Å²) in [6.07, 6.45) is 3.56. The highest BCUT2D eigenvalue weighted by atomic mass is 79.9. The summed E-state index contributed by atoms with van der Waals surface area (Å²) in [5, 5.41) is 10.1. The van der Waals surface area contributed by atoms with Gasteiger partial charge in [-0.2, -0.15) is 0 Å². The lowest BCUT2D eigenvalue weighted by atomic mass is 9.64. The minimum atomic E-state index is -0.175. The van der Waals surface area contributed by atoms with Crippen LogP contribution in [-0.4, -0.2) is 23.3 Å². The number of rotatable bonds is 7. The molecule has 1 aromatic carbocycles. The van der Waals surface area contributed by atoms with Crippen LogP contribution in [0.15, 0.2) is 51.6 Å². The van der Waals surface area contributed by atoms with Gasteiger partial charge in [-0.1, -0.05) is 40.5 Å². The molecule has 1 aliphatic rings. The highest BCUT2D eigenvalue weighted by Gasteiger charge is 2.38. The van der Waals surface area contributed by atoms with Crippen LogP contribution in [-0.2, 0) is 16.6 Å². The summed E-state index contributed by atoms with van der Waals surface area (Å²) in [6.45, 7) is 0.633. The van der Waals surface area contributed by atoms with E-state index in [2.05, 4.69) is 43.7 Å². The summed E-state index contributed by atoms with van der Waals surface area (Å²) in [6, 6.07) is 11.9. The number of nitrogens with one attached hydrogen (secondary N) is 2. The van der Waals surface area contributed by atoms with Crippen LogP contribution in [0, 0.1) is 0 Å². The Morgan fingerprint density at radius 1 is 1.17 bits per heavy atom. The average molecular weight is 490 g/mol. The molecular weight excluding hydrogens is 470 g/mol. The van der Waals surface area contributed by atoms with E-state index in [0.717, 1.165) is 17.3 Å². The van der Waals surface area contributed by atoms with E-state index in [-0.39, 0.29) is 23.7 Å². The zero-order valence-corrected chi connectivity index (χ0v) is 18.8. The Hall–Kier alpha value is -2.03. The van der Waals surface area contributed by atoms with Crippen molar-refractivity contribution in [1.29, 1.82) is 0 Å². The number of hydrogen-bond donors (Lipinski definition) is 2. The topological polar surface area (TPSA) is 71.1 Å². The lowest BCUT2D eigenvalue weighted by Gasteiger charge is -2.42. The lowest BCUT2D eigenvalue weighted by Crippen LogP contribution is -2.46. The van der Waals surface area contributed by atoms with Gasteiger partial charge in [-0.15, -0.1) is 22.7 Å². The molecule has 0 radical (unpaired) electrons. The fourth-order valence-corrected chi connectivity index (χ4v) is 5.22. The first kappa shape index (κ1) is 20.3. The van der Waals surface area contributed by atoms with Gasteiger partial charge in [0.2, 0.25) is 5.91 Å². The van der Waals surface area contributed by atoms with Crippen molar-refractivity contribution in [3.63, 3.8) is 0 Å². The molecule has 1 saturated carbocycles. The van der Waals surface area contributed by atoms with Crippen LogP contribution < -0.4 is 10.6 Å². The molecule has 8 heteroatoms. The second kappa shape index (κ2) is 8.77. The molecule has 2 aromatic heterocycles. The van der Waals surface area contributed by atoms with Crippen LogP contribution in [0.3, 0.4) is 0 Å². The van der Waals surface area contributed by atoms with Crippen molar-refractivity contribution in [1.82, 2.24) is 10.3 Å². The fourth-order valence-electron chi connectivity index (χ4n) is 3.50. The standard InChI is InChI=1S/C21H20BrN3O2S2/c22-15-5-1-4-14(10-15)21(7-3-8-21)13-23-18(26)11-16-12-29-20(24-16)25-19(27)17-6-2-9-28-17/h1-2,4-6,9-10,12H,3,7-8,11,13H2,(H,23,26)(H,24,25,27). The third-order valence-corrected chi connectivity index (χ3v) is 7.40. The normalized spacial score (nSPS) is 14.8. The molecular formula is C21H20BrN3O2S2. The maximum Gasteiger partial charge on any atom is 0.267 e. The highest BCUT2D eigenvalue weighted by Crippen LogP contribution is 2.43. The second-order valence-corrected chi connectivity index (χ2v) is 9.89. The summed E-state index contributed by atoms with van der Waals surface area (Å²) < 4.78 is 1.06. The van der Waals surface area contributed by atoms with Crippen molar-refractivity contribution in [2.45, 2.75) is 31.1 Å². The molecule has 4 rings (SSSR count). The Balaban J connectivity index is 1.32. The van der Waals surface area contributed by atoms with E-state index in [1.165, 1.54) is 34.7 Å². The van der Waals surface area contributed by atoms with E-state index in [9.17, 15) is 9.59 Å². The number of anilines is 1. The number of thiophene rings is 1. The van der Waals surface area contributed by atoms with Crippen molar-refractivity contribution in [3.8, 4) is 0 Å². The van der Waals surface area contributed by atoms with Crippen LogP contribution >= 0.6 is 38.6 Å².